The van der Waals surface area contributed by atoms with E-state index in [0.29, 0.717) is 45.0 Å². The van der Waals surface area contributed by atoms with Gasteiger partial charge in [0, 0.05) is 83.7 Å². The Bertz CT molecular complexity index is 2000. The summed E-state index contributed by atoms with van der Waals surface area (Å²) in [7, 11) is 3.64. The lowest BCUT2D eigenvalue weighted by molar-refractivity contribution is 0.0523. The molecule has 0 bridgehead atoms. The highest BCUT2D eigenvalue weighted by Crippen LogP contribution is 2.42. The largest absolute Gasteiger partial charge is 0.481 e. The van der Waals surface area contributed by atoms with Crippen LogP contribution in [-0.2, 0) is 31.3 Å². The normalized spacial score (nSPS) is 13.4. The van der Waals surface area contributed by atoms with Crippen molar-refractivity contribution in [1.29, 1.82) is 0 Å². The molecule has 1 aliphatic heterocycles. The molecule has 0 unspecified atom stereocenters. The van der Waals surface area contributed by atoms with Gasteiger partial charge in [0.15, 0.2) is 0 Å². The van der Waals surface area contributed by atoms with E-state index in [2.05, 4.69) is 40.0 Å². The van der Waals surface area contributed by atoms with E-state index < -0.39 is 11.7 Å². The maximum atomic E-state index is 12.2. The van der Waals surface area contributed by atoms with Gasteiger partial charge in [-0.15, -0.1) is 0 Å². The van der Waals surface area contributed by atoms with E-state index in [0.717, 1.165) is 41.7 Å². The first-order valence-corrected chi connectivity index (χ1v) is 16.6. The summed E-state index contributed by atoms with van der Waals surface area (Å²) in [6, 6.07) is 17.7. The van der Waals surface area contributed by atoms with Crippen molar-refractivity contribution in [2.45, 2.75) is 45.9 Å². The van der Waals surface area contributed by atoms with Crippen molar-refractivity contribution in [3.05, 3.63) is 87.7 Å². The first-order chi connectivity index (χ1) is 23.0. The maximum Gasteiger partial charge on any atom is 0.407 e. The van der Waals surface area contributed by atoms with Crippen molar-refractivity contribution in [2.24, 2.45) is 7.05 Å². The van der Waals surface area contributed by atoms with E-state index in [-0.39, 0.29) is 13.2 Å². The third-order valence-electron chi connectivity index (χ3n) is 8.58. The third-order valence-corrected chi connectivity index (χ3v) is 9.37. The van der Waals surface area contributed by atoms with Crippen LogP contribution in [0.2, 0.25) is 10.0 Å². The van der Waals surface area contributed by atoms with Crippen LogP contribution in [0, 0.1) is 0 Å². The highest BCUT2D eigenvalue weighted by Gasteiger charge is 2.24. The van der Waals surface area contributed by atoms with E-state index in [4.69, 9.17) is 42.6 Å². The molecular formula is C37H39Cl2N5O4. The molecule has 0 saturated heterocycles. The Balaban J connectivity index is 1.31. The van der Waals surface area contributed by atoms with Crippen molar-refractivity contribution in [2.75, 3.05) is 26.8 Å². The first kappa shape index (κ1) is 33.7. The van der Waals surface area contributed by atoms with Gasteiger partial charge in [-0.3, -0.25) is 9.88 Å². The number of pyridine rings is 2. The molecule has 2 N–H and O–H groups in total. The lowest BCUT2D eigenvalue weighted by Crippen LogP contribution is -2.33. The molecule has 11 heteroatoms. The number of hydrogen-bond donors (Lipinski definition) is 2. The summed E-state index contributed by atoms with van der Waals surface area (Å²) < 4.78 is 13.2. The summed E-state index contributed by atoms with van der Waals surface area (Å²) in [5.41, 5.74) is 8.25. The molecule has 1 amide bonds. The molecule has 250 valence electrons. The number of nitrogens with one attached hydrogen (secondary N) is 1. The molecule has 1 aliphatic rings. The number of fused-ring (bicyclic) bond motifs is 3. The van der Waals surface area contributed by atoms with Crippen LogP contribution in [0.25, 0.3) is 44.5 Å². The minimum Gasteiger partial charge on any atom is -0.481 e. The van der Waals surface area contributed by atoms with Crippen molar-refractivity contribution in [3.63, 3.8) is 0 Å². The number of halogens is 2. The molecule has 2 aromatic carbocycles. The predicted octanol–water partition coefficient (Wildman–Crippen LogP) is 7.66. The molecule has 3 aromatic heterocycles. The number of benzene rings is 2. The molecule has 0 aliphatic carbocycles. The molecule has 0 atom stereocenters. The Hall–Kier alpha value is -4.15. The van der Waals surface area contributed by atoms with Crippen LogP contribution in [-0.4, -0.2) is 63.0 Å². The second-order valence-electron chi connectivity index (χ2n) is 12.9. The number of methoxy groups -OCH3 is 1. The zero-order valence-corrected chi connectivity index (χ0v) is 29.2. The number of amides is 1. The zero-order valence-electron chi connectivity index (χ0n) is 27.7. The summed E-state index contributed by atoms with van der Waals surface area (Å²) >= 11 is 14.2. The van der Waals surface area contributed by atoms with Crippen LogP contribution < -0.4 is 10.1 Å². The molecule has 0 radical (unpaired) electrons. The van der Waals surface area contributed by atoms with E-state index >= 15 is 0 Å². The van der Waals surface area contributed by atoms with Crippen LogP contribution in [0.5, 0.6) is 5.88 Å². The molecular weight excluding hydrogens is 649 g/mol. The third kappa shape index (κ3) is 6.73. The quantitative estimate of drug-likeness (QED) is 0.173. The Morgan fingerprint density at radius 2 is 1.81 bits per heavy atom. The molecule has 5 aromatic rings. The number of alkyl carbamates (subject to hydrolysis) is 1. The van der Waals surface area contributed by atoms with Crippen molar-refractivity contribution in [3.8, 4) is 39.5 Å². The van der Waals surface area contributed by atoms with Gasteiger partial charge >= 0.3 is 6.09 Å². The van der Waals surface area contributed by atoms with E-state index in [9.17, 15) is 9.90 Å². The fourth-order valence-corrected chi connectivity index (χ4v) is 6.96. The van der Waals surface area contributed by atoms with Crippen molar-refractivity contribution in [1.82, 2.24) is 24.8 Å². The summed E-state index contributed by atoms with van der Waals surface area (Å²) in [5.74, 6) is 0.369. The van der Waals surface area contributed by atoms with Gasteiger partial charge in [0.2, 0.25) is 5.88 Å². The fourth-order valence-electron chi connectivity index (χ4n) is 6.31. The topological polar surface area (TPSA) is 102 Å². The number of carbonyl (C=O) groups is 1. The number of β-amino-alcohol motifs (C(OH)–C–C–N with tert-alkyl or cyclic N) is 1. The van der Waals surface area contributed by atoms with Gasteiger partial charge < -0.3 is 24.5 Å². The average molecular weight is 689 g/mol. The maximum absolute atomic E-state index is 12.2. The second kappa shape index (κ2) is 13.8. The molecule has 0 spiro atoms. The number of aromatic nitrogens is 3. The second-order valence-corrected chi connectivity index (χ2v) is 13.6. The highest BCUT2D eigenvalue weighted by molar-refractivity contribution is 6.39. The van der Waals surface area contributed by atoms with Gasteiger partial charge in [-0.05, 0) is 50.6 Å². The van der Waals surface area contributed by atoms with Crippen LogP contribution >= 0.6 is 23.2 Å². The number of aryl methyl sites for hydroxylation is 1. The van der Waals surface area contributed by atoms with Crippen molar-refractivity contribution < 1.29 is 19.4 Å². The molecule has 6 rings (SSSR count). The molecule has 4 heterocycles. The Morgan fingerprint density at radius 3 is 2.56 bits per heavy atom. The predicted molar refractivity (Wildman–Crippen MR) is 191 cm³/mol. The van der Waals surface area contributed by atoms with Crippen LogP contribution in [0.3, 0.4) is 0 Å². The SMILES string of the molecule is COc1nc(-c2cccc(-c3ccnc(-c4ccc5c6c(n(C)c5c4)CCN(CCO)C6)c3Cl)c2Cl)ccc1CNC(=O)OC(C)(C)C. The van der Waals surface area contributed by atoms with Gasteiger partial charge in [0.05, 0.1) is 41.7 Å². The van der Waals surface area contributed by atoms with Gasteiger partial charge in [-0.25, -0.2) is 9.78 Å². The number of carbonyl (C=O) groups excluding carboxylic acids is 1. The van der Waals surface area contributed by atoms with E-state index in [1.807, 2.05) is 57.2 Å². The summed E-state index contributed by atoms with van der Waals surface area (Å²) in [6.45, 7) is 8.20. The summed E-state index contributed by atoms with van der Waals surface area (Å²) in [4.78, 5) is 23.9. The highest BCUT2D eigenvalue weighted by atomic mass is 35.5. The number of hydrogen-bond acceptors (Lipinski definition) is 7. The van der Waals surface area contributed by atoms with Crippen LogP contribution in [0.4, 0.5) is 4.79 Å². The first-order valence-electron chi connectivity index (χ1n) is 15.9. The molecule has 0 saturated carbocycles. The minimum absolute atomic E-state index is 0.157. The van der Waals surface area contributed by atoms with E-state index in [1.54, 1.807) is 6.20 Å². The average Bonchev–Trinajstić information content (AvgIpc) is 3.33. The molecule has 9 nitrogen and oxygen atoms in total. The Morgan fingerprint density at radius 1 is 1.04 bits per heavy atom. The van der Waals surface area contributed by atoms with Gasteiger partial charge in [0.1, 0.15) is 5.60 Å². The number of rotatable bonds is 8. The van der Waals surface area contributed by atoms with Crippen molar-refractivity contribution >= 4 is 40.2 Å². The lowest BCUT2D eigenvalue weighted by atomic mass is 9.99. The van der Waals surface area contributed by atoms with E-state index in [1.165, 1.54) is 23.8 Å². The lowest BCUT2D eigenvalue weighted by Gasteiger charge is -2.26. The van der Waals surface area contributed by atoms with Gasteiger partial charge in [0.25, 0.3) is 0 Å². The monoisotopic (exact) mass is 687 g/mol. The summed E-state index contributed by atoms with van der Waals surface area (Å²) in [5, 5.41) is 14.4. The standard InChI is InChI=1S/C37H39Cl2N5O4/c1-37(2,3)48-36(46)41-20-23-10-12-29(42-35(23)47-5)27-8-6-7-25(32(27)38)26-13-15-40-34(33(26)39)22-9-11-24-28-21-44(17-18-45)16-14-30(28)43(4)31(24)19-22/h6-13,15,19,45H,14,16-18,20-21H2,1-5H3,(H,41,46). The minimum atomic E-state index is -0.601. The van der Waals surface area contributed by atoms with Crippen LogP contribution in [0.1, 0.15) is 37.6 Å². The number of nitrogens with zero attached hydrogens (tertiary/aromatic N) is 4. The number of aliphatic hydroxyl groups excluding tert-OH is 1. The Kier molecular flexibility index (Phi) is 9.67. The molecule has 0 fully saturated rings. The Labute approximate surface area is 290 Å². The van der Waals surface area contributed by atoms with Gasteiger partial charge in [-0.2, -0.15) is 0 Å². The number of ether oxygens (including phenoxy) is 2. The van der Waals surface area contributed by atoms with Gasteiger partial charge in [-0.1, -0.05) is 53.5 Å². The fraction of sp³-hybridized carbons (Fsp3) is 0.324. The summed E-state index contributed by atoms with van der Waals surface area (Å²) in [6.07, 6.45) is 2.16. The number of aliphatic hydroxyl groups is 1. The van der Waals surface area contributed by atoms with Crippen LogP contribution in [0.15, 0.2) is 60.8 Å². The molecule has 48 heavy (non-hydrogen) atoms. The zero-order chi connectivity index (χ0) is 34.2. The smallest absolute Gasteiger partial charge is 0.407 e.